The largest absolute Gasteiger partial charge is 0.330 e. The lowest BCUT2D eigenvalue weighted by atomic mass is 10.4. The molecule has 0 saturated heterocycles. The lowest BCUT2D eigenvalue weighted by Crippen LogP contribution is -2.28. The van der Waals surface area contributed by atoms with Gasteiger partial charge in [0.05, 0.1) is 11.2 Å². The second-order valence-corrected chi connectivity index (χ2v) is 5.05. The predicted molar refractivity (Wildman–Crippen MR) is 57.1 cm³/mol. The minimum absolute atomic E-state index is 0.0267. The third-order valence-electron chi connectivity index (χ3n) is 1.77. The molecule has 8 heteroatoms. The van der Waals surface area contributed by atoms with Crippen molar-refractivity contribution < 1.29 is 8.42 Å². The van der Waals surface area contributed by atoms with Crippen molar-refractivity contribution in [1.82, 2.24) is 14.5 Å². The summed E-state index contributed by atoms with van der Waals surface area (Å²) in [6.07, 6.45) is 1.87. The highest BCUT2D eigenvalue weighted by Gasteiger charge is 2.21. The summed E-state index contributed by atoms with van der Waals surface area (Å²) in [5.41, 5.74) is 5.26. The number of rotatable bonds is 5. The van der Waals surface area contributed by atoms with Gasteiger partial charge in [0.1, 0.15) is 0 Å². The molecule has 0 aromatic carbocycles. The van der Waals surface area contributed by atoms with E-state index >= 15 is 0 Å². The van der Waals surface area contributed by atoms with Gasteiger partial charge < -0.3 is 5.73 Å². The molecule has 0 unspecified atom stereocenters. The SMILES string of the molecule is Cn1ncc(Cl)c1S(=O)(=O)NCCCN. The van der Waals surface area contributed by atoms with Gasteiger partial charge in [-0.25, -0.2) is 13.1 Å². The van der Waals surface area contributed by atoms with Crippen LogP contribution in [0.3, 0.4) is 0 Å². The molecular formula is C7H13ClN4O2S. The number of halogens is 1. The summed E-state index contributed by atoms with van der Waals surface area (Å²) in [4.78, 5) is 0. The molecule has 0 fully saturated rings. The monoisotopic (exact) mass is 252 g/mol. The minimum atomic E-state index is -3.59. The predicted octanol–water partition coefficient (Wildman–Crippen LogP) is -0.299. The van der Waals surface area contributed by atoms with E-state index in [2.05, 4.69) is 9.82 Å². The summed E-state index contributed by atoms with van der Waals surface area (Å²) in [5, 5.41) is 3.83. The highest BCUT2D eigenvalue weighted by molar-refractivity contribution is 7.89. The summed E-state index contributed by atoms with van der Waals surface area (Å²) < 4.78 is 27.0. The van der Waals surface area contributed by atoms with E-state index in [-0.39, 0.29) is 10.0 Å². The topological polar surface area (TPSA) is 90.0 Å². The van der Waals surface area contributed by atoms with Crippen LogP contribution in [0.1, 0.15) is 6.42 Å². The van der Waals surface area contributed by atoms with Gasteiger partial charge in [-0.05, 0) is 13.0 Å². The standard InChI is InChI=1S/C7H13ClN4O2S/c1-12-7(6(8)5-10-12)15(13,14)11-4-2-3-9/h5,11H,2-4,9H2,1H3. The highest BCUT2D eigenvalue weighted by Crippen LogP contribution is 2.19. The summed E-state index contributed by atoms with van der Waals surface area (Å²) in [6.45, 7) is 0.724. The molecule has 0 aliphatic heterocycles. The van der Waals surface area contributed by atoms with Crippen LogP contribution < -0.4 is 10.5 Å². The van der Waals surface area contributed by atoms with Crippen molar-refractivity contribution in [2.45, 2.75) is 11.4 Å². The van der Waals surface area contributed by atoms with E-state index < -0.39 is 10.0 Å². The first-order chi connectivity index (χ1) is 6.99. The first-order valence-corrected chi connectivity index (χ1v) is 6.22. The van der Waals surface area contributed by atoms with Crippen molar-refractivity contribution in [1.29, 1.82) is 0 Å². The van der Waals surface area contributed by atoms with Crippen molar-refractivity contribution in [2.75, 3.05) is 13.1 Å². The molecule has 6 nitrogen and oxygen atoms in total. The summed E-state index contributed by atoms with van der Waals surface area (Å²) in [6, 6.07) is 0. The Morgan fingerprint density at radius 1 is 1.67 bits per heavy atom. The number of nitrogens with one attached hydrogen (secondary N) is 1. The van der Waals surface area contributed by atoms with Gasteiger partial charge in [0.2, 0.25) is 0 Å². The number of sulfonamides is 1. The van der Waals surface area contributed by atoms with Crippen LogP contribution in [0.15, 0.2) is 11.2 Å². The molecule has 1 heterocycles. The van der Waals surface area contributed by atoms with Crippen molar-refractivity contribution in [3.05, 3.63) is 11.2 Å². The number of aryl methyl sites for hydroxylation is 1. The Labute approximate surface area is 93.5 Å². The number of hydrogen-bond acceptors (Lipinski definition) is 4. The van der Waals surface area contributed by atoms with E-state index in [1.165, 1.54) is 17.9 Å². The van der Waals surface area contributed by atoms with Crippen LogP contribution in [-0.4, -0.2) is 31.3 Å². The van der Waals surface area contributed by atoms with Crippen LogP contribution >= 0.6 is 11.6 Å². The number of hydrogen-bond donors (Lipinski definition) is 2. The molecule has 0 saturated carbocycles. The van der Waals surface area contributed by atoms with Gasteiger partial charge >= 0.3 is 0 Å². The number of aromatic nitrogens is 2. The van der Waals surface area contributed by atoms with Gasteiger partial charge in [-0.3, -0.25) is 4.68 Å². The molecule has 0 atom stereocenters. The molecule has 3 N–H and O–H groups in total. The fraction of sp³-hybridized carbons (Fsp3) is 0.571. The molecule has 86 valence electrons. The lowest BCUT2D eigenvalue weighted by Gasteiger charge is -2.06. The Balaban J connectivity index is 2.87. The molecular weight excluding hydrogens is 240 g/mol. The van der Waals surface area contributed by atoms with Gasteiger partial charge in [0, 0.05) is 13.6 Å². The highest BCUT2D eigenvalue weighted by atomic mass is 35.5. The smallest absolute Gasteiger partial charge is 0.259 e. The quantitative estimate of drug-likeness (QED) is 0.704. The third-order valence-corrected chi connectivity index (χ3v) is 3.74. The fourth-order valence-corrected chi connectivity index (χ4v) is 2.80. The number of nitrogens with two attached hydrogens (primary N) is 1. The van der Waals surface area contributed by atoms with Crippen molar-refractivity contribution >= 4 is 21.6 Å². The number of nitrogens with zero attached hydrogens (tertiary/aromatic N) is 2. The van der Waals surface area contributed by atoms with Gasteiger partial charge in [-0.1, -0.05) is 11.6 Å². The van der Waals surface area contributed by atoms with Gasteiger partial charge in [0.15, 0.2) is 5.03 Å². The van der Waals surface area contributed by atoms with Crippen molar-refractivity contribution in [3.8, 4) is 0 Å². The summed E-state index contributed by atoms with van der Waals surface area (Å²) in [5.74, 6) is 0. The van der Waals surface area contributed by atoms with Crippen LogP contribution in [-0.2, 0) is 17.1 Å². The Morgan fingerprint density at radius 2 is 2.33 bits per heavy atom. The average Bonchev–Trinajstić information content (AvgIpc) is 2.46. The van der Waals surface area contributed by atoms with Crippen LogP contribution in [0.5, 0.6) is 0 Å². The van der Waals surface area contributed by atoms with Gasteiger partial charge in [0.25, 0.3) is 10.0 Å². The van der Waals surface area contributed by atoms with E-state index in [1.54, 1.807) is 0 Å². The normalized spacial score (nSPS) is 11.9. The summed E-state index contributed by atoms with van der Waals surface area (Å²) >= 11 is 5.72. The molecule has 1 rings (SSSR count). The Hall–Kier alpha value is -0.630. The van der Waals surface area contributed by atoms with Crippen LogP contribution in [0.4, 0.5) is 0 Å². The van der Waals surface area contributed by atoms with Crippen LogP contribution in [0, 0.1) is 0 Å². The van der Waals surface area contributed by atoms with Gasteiger partial charge in [-0.15, -0.1) is 0 Å². The molecule has 15 heavy (non-hydrogen) atoms. The fourth-order valence-electron chi connectivity index (χ4n) is 1.08. The van der Waals surface area contributed by atoms with E-state index in [4.69, 9.17) is 17.3 Å². The van der Waals surface area contributed by atoms with E-state index in [9.17, 15) is 8.42 Å². The maximum absolute atomic E-state index is 11.7. The minimum Gasteiger partial charge on any atom is -0.330 e. The molecule has 1 aromatic heterocycles. The molecule has 0 spiro atoms. The summed E-state index contributed by atoms with van der Waals surface area (Å²) in [7, 11) is -2.07. The van der Waals surface area contributed by atoms with E-state index in [1.807, 2.05) is 0 Å². The molecule has 0 aliphatic carbocycles. The maximum Gasteiger partial charge on any atom is 0.259 e. The maximum atomic E-state index is 11.7. The second kappa shape index (κ2) is 4.93. The van der Waals surface area contributed by atoms with Gasteiger partial charge in [-0.2, -0.15) is 5.10 Å². The van der Waals surface area contributed by atoms with Crippen LogP contribution in [0.25, 0.3) is 0 Å². The average molecular weight is 253 g/mol. The molecule has 0 bridgehead atoms. The van der Waals surface area contributed by atoms with E-state index in [0.717, 1.165) is 0 Å². The Kier molecular flexibility index (Phi) is 4.09. The Bertz CT molecular complexity index is 409. The first kappa shape index (κ1) is 12.4. The van der Waals surface area contributed by atoms with Crippen molar-refractivity contribution in [2.24, 2.45) is 12.8 Å². The lowest BCUT2D eigenvalue weighted by molar-refractivity contribution is 0.561. The third kappa shape index (κ3) is 2.91. The zero-order valence-corrected chi connectivity index (χ0v) is 9.85. The Morgan fingerprint density at radius 3 is 2.80 bits per heavy atom. The zero-order valence-electron chi connectivity index (χ0n) is 8.27. The van der Waals surface area contributed by atoms with Crippen molar-refractivity contribution in [3.63, 3.8) is 0 Å². The molecule has 0 aliphatic rings. The molecule has 0 amide bonds. The molecule has 0 radical (unpaired) electrons. The second-order valence-electron chi connectivity index (χ2n) is 2.96. The van der Waals surface area contributed by atoms with Crippen LogP contribution in [0.2, 0.25) is 5.02 Å². The van der Waals surface area contributed by atoms with E-state index in [0.29, 0.717) is 19.5 Å². The first-order valence-electron chi connectivity index (χ1n) is 4.36. The molecule has 1 aromatic rings. The zero-order chi connectivity index (χ0) is 11.5.